The molecule has 3 rings (SSSR count). The third kappa shape index (κ3) is 5.92. The van der Waals surface area contributed by atoms with Crippen LogP contribution in [0.25, 0.3) is 0 Å². The minimum Gasteiger partial charge on any atom is -0.481 e. The number of carbonyl (C=O) groups excluding carboxylic acids is 1. The second kappa shape index (κ2) is 9.92. The largest absolute Gasteiger partial charge is 0.481 e. The number of aliphatic carboxylic acids is 1. The van der Waals surface area contributed by atoms with Gasteiger partial charge in [-0.1, -0.05) is 12.1 Å². The van der Waals surface area contributed by atoms with Crippen LogP contribution in [0.1, 0.15) is 27.6 Å². The lowest BCUT2D eigenvalue weighted by atomic mass is 10.1. The Kier molecular flexibility index (Phi) is 7.04. The van der Waals surface area contributed by atoms with Gasteiger partial charge in [0.25, 0.3) is 5.91 Å². The van der Waals surface area contributed by atoms with Crippen molar-refractivity contribution < 1.29 is 23.1 Å². The molecule has 6 N–H and O–H groups in total. The zero-order valence-electron chi connectivity index (χ0n) is 17.3. The monoisotopic (exact) mass is 467 g/mol. The molecule has 0 aliphatic rings. The fourth-order valence-electron chi connectivity index (χ4n) is 3.09. The molecule has 11 heteroatoms. The van der Waals surface area contributed by atoms with Crippen LogP contribution in [0.4, 0.5) is 11.4 Å². The Balaban J connectivity index is 1.82. The van der Waals surface area contributed by atoms with Crippen LogP contribution in [-0.4, -0.2) is 36.3 Å². The van der Waals surface area contributed by atoms with E-state index in [0.29, 0.717) is 16.9 Å². The van der Waals surface area contributed by atoms with Gasteiger partial charge in [-0.05, 0) is 54.1 Å². The SMILES string of the molecule is NC(N)=Nc1cccc(C(=O)Nc2ccc(S(=O)(=O)C(CC(=O)O)c3cccnc3)cc2)c1. The molecule has 1 aromatic heterocycles. The van der Waals surface area contributed by atoms with Crippen molar-refractivity contribution in [2.75, 3.05) is 5.32 Å². The molecule has 1 heterocycles. The van der Waals surface area contributed by atoms with E-state index in [1.165, 1.54) is 48.8 Å². The highest BCUT2D eigenvalue weighted by Crippen LogP contribution is 2.32. The van der Waals surface area contributed by atoms with Crippen LogP contribution in [0.3, 0.4) is 0 Å². The fourth-order valence-corrected chi connectivity index (χ4v) is 4.80. The van der Waals surface area contributed by atoms with Crippen LogP contribution >= 0.6 is 0 Å². The van der Waals surface area contributed by atoms with Crippen molar-refractivity contribution in [2.45, 2.75) is 16.6 Å². The van der Waals surface area contributed by atoms with Crippen LogP contribution < -0.4 is 16.8 Å². The number of carbonyl (C=O) groups is 2. The number of sulfone groups is 1. The van der Waals surface area contributed by atoms with Gasteiger partial charge in [0, 0.05) is 23.6 Å². The van der Waals surface area contributed by atoms with E-state index < -0.39 is 33.4 Å². The molecule has 0 aliphatic carbocycles. The van der Waals surface area contributed by atoms with E-state index >= 15 is 0 Å². The lowest BCUT2D eigenvalue weighted by molar-refractivity contribution is -0.137. The average molecular weight is 468 g/mol. The highest BCUT2D eigenvalue weighted by atomic mass is 32.2. The molecule has 170 valence electrons. The molecule has 1 unspecified atom stereocenters. The number of rotatable bonds is 8. The number of carboxylic acid groups (broad SMARTS) is 1. The Morgan fingerprint density at radius 2 is 1.79 bits per heavy atom. The van der Waals surface area contributed by atoms with E-state index in [2.05, 4.69) is 15.3 Å². The van der Waals surface area contributed by atoms with Gasteiger partial charge in [0.1, 0.15) is 5.25 Å². The van der Waals surface area contributed by atoms with Gasteiger partial charge in [0.05, 0.1) is 17.0 Å². The first-order valence-electron chi connectivity index (χ1n) is 9.63. The molecule has 10 nitrogen and oxygen atoms in total. The van der Waals surface area contributed by atoms with Gasteiger partial charge in [-0.25, -0.2) is 13.4 Å². The van der Waals surface area contributed by atoms with E-state index in [4.69, 9.17) is 11.5 Å². The van der Waals surface area contributed by atoms with Gasteiger partial charge < -0.3 is 21.9 Å². The van der Waals surface area contributed by atoms with Crippen LogP contribution in [0.15, 0.2) is 82.9 Å². The Hall–Kier alpha value is -4.25. The van der Waals surface area contributed by atoms with E-state index in [0.717, 1.165) is 0 Å². The van der Waals surface area contributed by atoms with E-state index in [1.54, 1.807) is 24.3 Å². The Morgan fingerprint density at radius 3 is 2.39 bits per heavy atom. The van der Waals surface area contributed by atoms with Crippen LogP contribution in [0, 0.1) is 0 Å². The summed E-state index contributed by atoms with van der Waals surface area (Å²) in [5.74, 6) is -1.84. The van der Waals surface area contributed by atoms with Gasteiger partial charge >= 0.3 is 5.97 Å². The summed E-state index contributed by atoms with van der Waals surface area (Å²) in [6, 6.07) is 14.8. The number of amides is 1. The van der Waals surface area contributed by atoms with Crippen molar-refractivity contribution in [2.24, 2.45) is 16.5 Å². The molecule has 0 radical (unpaired) electrons. The topological polar surface area (TPSA) is 178 Å². The summed E-state index contributed by atoms with van der Waals surface area (Å²) in [4.78, 5) is 31.5. The third-order valence-electron chi connectivity index (χ3n) is 4.60. The number of aromatic nitrogens is 1. The summed E-state index contributed by atoms with van der Waals surface area (Å²) in [5.41, 5.74) is 12.0. The molecule has 0 bridgehead atoms. The van der Waals surface area contributed by atoms with Gasteiger partial charge in [-0.2, -0.15) is 0 Å². The first kappa shape index (κ1) is 23.4. The number of nitrogens with one attached hydrogen (secondary N) is 1. The number of nitrogens with zero attached hydrogens (tertiary/aromatic N) is 2. The lowest BCUT2D eigenvalue weighted by Crippen LogP contribution is -2.22. The molecule has 0 fully saturated rings. The predicted octanol–water partition coefficient (Wildman–Crippen LogP) is 2.23. The summed E-state index contributed by atoms with van der Waals surface area (Å²) >= 11 is 0. The molecule has 1 atom stereocenters. The van der Waals surface area contributed by atoms with Crippen molar-refractivity contribution >= 4 is 39.0 Å². The maximum atomic E-state index is 13.1. The first-order valence-corrected chi connectivity index (χ1v) is 11.2. The minimum atomic E-state index is -4.04. The summed E-state index contributed by atoms with van der Waals surface area (Å²) < 4.78 is 26.3. The summed E-state index contributed by atoms with van der Waals surface area (Å²) in [5, 5.41) is 10.6. The minimum absolute atomic E-state index is 0.0784. The number of aliphatic imine (C=N–C) groups is 1. The number of nitrogens with two attached hydrogens (primary N) is 2. The number of pyridine rings is 1. The normalized spacial score (nSPS) is 11.9. The first-order chi connectivity index (χ1) is 15.7. The molecular formula is C22H21N5O5S. The zero-order chi connectivity index (χ0) is 24.0. The average Bonchev–Trinajstić information content (AvgIpc) is 2.78. The fraction of sp³-hybridized carbons (Fsp3) is 0.0909. The maximum Gasteiger partial charge on any atom is 0.305 e. The smallest absolute Gasteiger partial charge is 0.305 e. The van der Waals surface area contributed by atoms with Crippen molar-refractivity contribution in [3.8, 4) is 0 Å². The van der Waals surface area contributed by atoms with Gasteiger partial charge in [-0.3, -0.25) is 14.6 Å². The molecule has 0 saturated heterocycles. The van der Waals surface area contributed by atoms with Crippen molar-refractivity contribution in [1.82, 2.24) is 4.98 Å². The molecular weight excluding hydrogens is 446 g/mol. The second-order valence-electron chi connectivity index (χ2n) is 6.98. The maximum absolute atomic E-state index is 13.1. The number of hydrogen-bond acceptors (Lipinski definition) is 6. The predicted molar refractivity (Wildman–Crippen MR) is 123 cm³/mol. The molecule has 0 saturated carbocycles. The third-order valence-corrected chi connectivity index (χ3v) is 6.72. The van der Waals surface area contributed by atoms with E-state index in [9.17, 15) is 23.1 Å². The Morgan fingerprint density at radius 1 is 1.06 bits per heavy atom. The van der Waals surface area contributed by atoms with E-state index in [-0.39, 0.29) is 16.4 Å². The Bertz CT molecular complexity index is 1290. The number of guanidine groups is 1. The highest BCUT2D eigenvalue weighted by molar-refractivity contribution is 7.91. The van der Waals surface area contributed by atoms with E-state index in [1.807, 2.05) is 0 Å². The number of benzene rings is 2. The van der Waals surface area contributed by atoms with Gasteiger partial charge in [0.2, 0.25) is 0 Å². The molecule has 33 heavy (non-hydrogen) atoms. The number of anilines is 1. The molecule has 0 spiro atoms. The van der Waals surface area contributed by atoms with Crippen LogP contribution in [0.5, 0.6) is 0 Å². The standard InChI is InChI=1S/C22H21N5O5S/c23-22(24)27-17-5-1-3-14(11-17)21(30)26-16-6-8-18(9-7-16)33(31,32)19(12-20(28)29)15-4-2-10-25-13-15/h1-11,13,19H,12H2,(H,26,30)(H,28,29)(H4,23,24,27). The molecule has 0 aliphatic heterocycles. The summed E-state index contributed by atoms with van der Waals surface area (Å²) in [7, 11) is -4.04. The molecule has 1 amide bonds. The van der Waals surface area contributed by atoms with Crippen LogP contribution in [0.2, 0.25) is 0 Å². The lowest BCUT2D eigenvalue weighted by Gasteiger charge is -2.16. The number of carboxylic acids is 1. The quantitative estimate of drug-likeness (QED) is 0.288. The van der Waals surface area contributed by atoms with Gasteiger partial charge in [0.15, 0.2) is 15.8 Å². The van der Waals surface area contributed by atoms with Gasteiger partial charge in [-0.15, -0.1) is 0 Å². The highest BCUT2D eigenvalue weighted by Gasteiger charge is 2.31. The number of hydrogen-bond donors (Lipinski definition) is 4. The second-order valence-corrected chi connectivity index (χ2v) is 9.11. The molecule has 3 aromatic rings. The summed E-state index contributed by atoms with van der Waals surface area (Å²) in [6.45, 7) is 0. The summed E-state index contributed by atoms with van der Waals surface area (Å²) in [6.07, 6.45) is 2.19. The zero-order valence-corrected chi connectivity index (χ0v) is 18.1. The Labute approximate surface area is 189 Å². The van der Waals surface area contributed by atoms with Crippen LogP contribution in [-0.2, 0) is 14.6 Å². The molecule has 2 aromatic carbocycles. The van der Waals surface area contributed by atoms with Crippen molar-refractivity contribution in [3.63, 3.8) is 0 Å². The van der Waals surface area contributed by atoms with Crippen molar-refractivity contribution in [3.05, 3.63) is 84.2 Å². The van der Waals surface area contributed by atoms with Crippen molar-refractivity contribution in [1.29, 1.82) is 0 Å².